The van der Waals surface area contributed by atoms with Crippen molar-refractivity contribution in [2.75, 3.05) is 46.9 Å². The predicted octanol–water partition coefficient (Wildman–Crippen LogP) is 1.29. The van der Waals surface area contributed by atoms with Crippen LogP contribution in [-0.4, -0.2) is 62.8 Å². The molecular weight excluding hydrogens is 176 g/mol. The molecule has 1 rings (SSSR count). The Kier molecular flexibility index (Phi) is 8.14. The Balaban J connectivity index is 0.000000791. The molecule has 1 aliphatic rings. The van der Waals surface area contributed by atoms with E-state index in [1.807, 2.05) is 13.8 Å². The zero-order valence-corrected chi connectivity index (χ0v) is 10.4. The molecule has 0 aliphatic carbocycles. The fraction of sp³-hybridized carbons (Fsp3) is 1.00. The summed E-state index contributed by atoms with van der Waals surface area (Å²) in [5.74, 6) is 0. The minimum Gasteiger partial charge on any atom is -0.378 e. The minimum atomic E-state index is 0.676. The molecule has 3 heteroatoms. The maximum absolute atomic E-state index is 5.13. The van der Waals surface area contributed by atoms with Gasteiger partial charge in [-0.3, -0.25) is 4.90 Å². The largest absolute Gasteiger partial charge is 0.378 e. The van der Waals surface area contributed by atoms with Crippen LogP contribution in [0.4, 0.5) is 0 Å². The average molecular weight is 202 g/mol. The van der Waals surface area contributed by atoms with Crippen LogP contribution in [0, 0.1) is 0 Å². The van der Waals surface area contributed by atoms with Crippen LogP contribution in [-0.2, 0) is 4.74 Å². The molecule has 0 aromatic heterocycles. The predicted molar refractivity (Wildman–Crippen MR) is 61.8 cm³/mol. The van der Waals surface area contributed by atoms with Gasteiger partial charge < -0.3 is 9.64 Å². The Morgan fingerprint density at radius 1 is 1.14 bits per heavy atom. The van der Waals surface area contributed by atoms with Gasteiger partial charge in [0.25, 0.3) is 0 Å². The van der Waals surface area contributed by atoms with Gasteiger partial charge in [0, 0.05) is 13.1 Å². The van der Waals surface area contributed by atoms with E-state index < -0.39 is 0 Å². The third-order valence-electron chi connectivity index (χ3n) is 2.62. The zero-order chi connectivity index (χ0) is 11.0. The fourth-order valence-electron chi connectivity index (χ4n) is 1.15. The first-order valence-electron chi connectivity index (χ1n) is 5.70. The topological polar surface area (TPSA) is 15.7 Å². The summed E-state index contributed by atoms with van der Waals surface area (Å²) in [5.41, 5.74) is 0. The van der Waals surface area contributed by atoms with E-state index in [4.69, 9.17) is 4.74 Å². The Morgan fingerprint density at radius 2 is 1.71 bits per heavy atom. The third kappa shape index (κ3) is 4.94. The van der Waals surface area contributed by atoms with E-state index in [2.05, 4.69) is 30.8 Å². The van der Waals surface area contributed by atoms with E-state index in [0.29, 0.717) is 6.04 Å². The van der Waals surface area contributed by atoms with Gasteiger partial charge in [0.05, 0.1) is 19.3 Å². The van der Waals surface area contributed by atoms with Crippen molar-refractivity contribution >= 4 is 0 Å². The standard InChI is InChI=1S/C9H20N2O.C2H6/c1-4-10(2)5-6-11(3)9-7-12-8-9;1-2/h9H,4-8H2,1-3H3;1-2H3. The first kappa shape index (κ1) is 13.9. The van der Waals surface area contributed by atoms with Crippen molar-refractivity contribution in [3.8, 4) is 0 Å². The van der Waals surface area contributed by atoms with Crippen LogP contribution >= 0.6 is 0 Å². The quantitative estimate of drug-likeness (QED) is 0.668. The van der Waals surface area contributed by atoms with Crippen molar-refractivity contribution in [3.05, 3.63) is 0 Å². The van der Waals surface area contributed by atoms with Crippen molar-refractivity contribution in [2.45, 2.75) is 26.8 Å². The summed E-state index contributed by atoms with van der Waals surface area (Å²) in [6.07, 6.45) is 0. The Morgan fingerprint density at radius 3 is 2.07 bits per heavy atom. The van der Waals surface area contributed by atoms with Crippen molar-refractivity contribution < 1.29 is 4.74 Å². The van der Waals surface area contributed by atoms with Crippen LogP contribution in [0.2, 0.25) is 0 Å². The first-order valence-corrected chi connectivity index (χ1v) is 5.70. The Bertz CT molecular complexity index is 126. The summed E-state index contributed by atoms with van der Waals surface area (Å²) < 4.78 is 5.13. The summed E-state index contributed by atoms with van der Waals surface area (Å²) in [6, 6.07) is 0.676. The highest BCUT2D eigenvalue weighted by atomic mass is 16.5. The Hall–Kier alpha value is -0.120. The number of nitrogens with zero attached hydrogens (tertiary/aromatic N) is 2. The molecule has 0 spiro atoms. The molecule has 0 aromatic rings. The van der Waals surface area contributed by atoms with Gasteiger partial charge in [0.2, 0.25) is 0 Å². The molecule has 0 amide bonds. The van der Waals surface area contributed by atoms with Crippen molar-refractivity contribution in [1.29, 1.82) is 0 Å². The highest BCUT2D eigenvalue weighted by Crippen LogP contribution is 2.07. The summed E-state index contributed by atoms with van der Waals surface area (Å²) >= 11 is 0. The molecule has 86 valence electrons. The van der Waals surface area contributed by atoms with Crippen molar-refractivity contribution in [2.24, 2.45) is 0 Å². The van der Waals surface area contributed by atoms with E-state index >= 15 is 0 Å². The number of ether oxygens (including phenoxy) is 1. The van der Waals surface area contributed by atoms with Crippen LogP contribution < -0.4 is 0 Å². The SMILES string of the molecule is CC.CCN(C)CCN(C)C1COC1. The second kappa shape index (κ2) is 8.21. The molecule has 0 radical (unpaired) electrons. The molecule has 0 N–H and O–H groups in total. The number of likely N-dealkylation sites (N-methyl/N-ethyl adjacent to an activating group) is 2. The van der Waals surface area contributed by atoms with Gasteiger partial charge in [0.1, 0.15) is 0 Å². The molecule has 0 bridgehead atoms. The molecule has 1 saturated heterocycles. The molecule has 0 unspecified atom stereocenters. The van der Waals surface area contributed by atoms with Crippen molar-refractivity contribution in [1.82, 2.24) is 9.80 Å². The summed E-state index contributed by atoms with van der Waals surface area (Å²) in [7, 11) is 4.34. The highest BCUT2D eigenvalue weighted by molar-refractivity contribution is 4.74. The summed E-state index contributed by atoms with van der Waals surface area (Å²) in [5, 5.41) is 0. The van der Waals surface area contributed by atoms with Crippen LogP contribution in [0.5, 0.6) is 0 Å². The monoisotopic (exact) mass is 202 g/mol. The first-order chi connectivity index (χ1) is 6.74. The van der Waals surface area contributed by atoms with Crippen LogP contribution in [0.25, 0.3) is 0 Å². The van der Waals surface area contributed by atoms with Gasteiger partial charge in [-0.25, -0.2) is 0 Å². The van der Waals surface area contributed by atoms with E-state index in [-0.39, 0.29) is 0 Å². The van der Waals surface area contributed by atoms with E-state index in [1.54, 1.807) is 0 Å². The van der Waals surface area contributed by atoms with E-state index in [1.165, 1.54) is 0 Å². The van der Waals surface area contributed by atoms with Gasteiger partial charge in [0.15, 0.2) is 0 Å². The van der Waals surface area contributed by atoms with E-state index in [0.717, 1.165) is 32.8 Å². The van der Waals surface area contributed by atoms with Crippen molar-refractivity contribution in [3.63, 3.8) is 0 Å². The molecule has 1 aliphatic heterocycles. The van der Waals surface area contributed by atoms with Crippen LogP contribution in [0.15, 0.2) is 0 Å². The molecule has 0 aromatic carbocycles. The maximum Gasteiger partial charge on any atom is 0.0645 e. The lowest BCUT2D eigenvalue weighted by molar-refractivity contribution is -0.0571. The lowest BCUT2D eigenvalue weighted by atomic mass is 10.2. The molecule has 0 saturated carbocycles. The van der Waals surface area contributed by atoms with Gasteiger partial charge in [-0.2, -0.15) is 0 Å². The highest BCUT2D eigenvalue weighted by Gasteiger charge is 2.22. The van der Waals surface area contributed by atoms with Crippen LogP contribution in [0.1, 0.15) is 20.8 Å². The molecular formula is C11H26N2O. The van der Waals surface area contributed by atoms with Gasteiger partial charge in [-0.15, -0.1) is 0 Å². The number of rotatable bonds is 5. The molecule has 3 nitrogen and oxygen atoms in total. The van der Waals surface area contributed by atoms with E-state index in [9.17, 15) is 0 Å². The molecule has 0 atom stereocenters. The Labute approximate surface area is 89.0 Å². The smallest absolute Gasteiger partial charge is 0.0645 e. The summed E-state index contributed by atoms with van der Waals surface area (Å²) in [4.78, 5) is 4.71. The second-order valence-electron chi connectivity index (χ2n) is 3.57. The summed E-state index contributed by atoms with van der Waals surface area (Å²) in [6.45, 7) is 11.5. The van der Waals surface area contributed by atoms with Crippen LogP contribution in [0.3, 0.4) is 0 Å². The molecule has 14 heavy (non-hydrogen) atoms. The van der Waals surface area contributed by atoms with Gasteiger partial charge in [-0.05, 0) is 20.6 Å². The normalized spacial score (nSPS) is 16.5. The fourth-order valence-corrected chi connectivity index (χ4v) is 1.15. The number of hydrogen-bond donors (Lipinski definition) is 0. The second-order valence-corrected chi connectivity index (χ2v) is 3.57. The zero-order valence-electron chi connectivity index (χ0n) is 10.4. The lowest BCUT2D eigenvalue weighted by Crippen LogP contribution is -2.49. The third-order valence-corrected chi connectivity index (χ3v) is 2.62. The van der Waals surface area contributed by atoms with Gasteiger partial charge in [-0.1, -0.05) is 20.8 Å². The average Bonchev–Trinajstić information content (AvgIpc) is 2.14. The molecule has 1 fully saturated rings. The minimum absolute atomic E-state index is 0.676. The molecule has 1 heterocycles. The maximum atomic E-state index is 5.13. The number of hydrogen-bond acceptors (Lipinski definition) is 3. The van der Waals surface area contributed by atoms with Gasteiger partial charge >= 0.3 is 0 Å². The lowest BCUT2D eigenvalue weighted by Gasteiger charge is -2.35.